The van der Waals surface area contributed by atoms with E-state index in [4.69, 9.17) is 0 Å². The lowest BCUT2D eigenvalue weighted by Crippen LogP contribution is -2.66. The van der Waals surface area contributed by atoms with E-state index in [0.717, 1.165) is 6.92 Å². The van der Waals surface area contributed by atoms with Gasteiger partial charge in [0.15, 0.2) is 0 Å². The summed E-state index contributed by atoms with van der Waals surface area (Å²) >= 11 is 0. The molecule has 5 unspecified atom stereocenters. The monoisotopic (exact) mass is 234 g/mol. The third-order valence-corrected chi connectivity index (χ3v) is 3.59. The van der Waals surface area contributed by atoms with Crippen molar-refractivity contribution in [3.05, 3.63) is 0 Å². The molecule has 1 fully saturated rings. The van der Waals surface area contributed by atoms with Crippen LogP contribution in [-0.2, 0) is 9.53 Å². The third-order valence-electron chi connectivity index (χ3n) is 3.59. The van der Waals surface area contributed by atoms with E-state index in [-0.39, 0.29) is 0 Å². The van der Waals surface area contributed by atoms with Crippen molar-refractivity contribution >= 4 is 5.97 Å². The molecule has 0 aliphatic carbocycles. The highest BCUT2D eigenvalue weighted by Crippen LogP contribution is 2.46. The zero-order chi connectivity index (χ0) is 12.9. The standard InChI is InChI=1S/C10H18O6/c1-5(11)6(12)8(2,14)10(4,15)9(3)7(13)16-9/h5-6,11-12,14-15H,1-4H3. The number of carbonyl (C=O) groups excluding carboxylic acids is 1. The van der Waals surface area contributed by atoms with Gasteiger partial charge in [-0.15, -0.1) is 0 Å². The Morgan fingerprint density at radius 3 is 1.94 bits per heavy atom. The fourth-order valence-electron chi connectivity index (χ4n) is 1.70. The molecule has 0 amide bonds. The summed E-state index contributed by atoms with van der Waals surface area (Å²) in [5.74, 6) is -0.657. The number of aliphatic hydroxyl groups excluding tert-OH is 2. The molecule has 16 heavy (non-hydrogen) atoms. The Bertz CT molecular complexity index is 308. The number of epoxide rings is 1. The van der Waals surface area contributed by atoms with Gasteiger partial charge in [-0.1, -0.05) is 0 Å². The van der Waals surface area contributed by atoms with Crippen molar-refractivity contribution in [2.24, 2.45) is 0 Å². The van der Waals surface area contributed by atoms with Crippen molar-refractivity contribution < 1.29 is 30.0 Å². The number of aliphatic hydroxyl groups is 4. The molecular formula is C10H18O6. The van der Waals surface area contributed by atoms with Crippen molar-refractivity contribution in [1.82, 2.24) is 0 Å². The minimum atomic E-state index is -2.08. The van der Waals surface area contributed by atoms with Gasteiger partial charge in [-0.05, 0) is 27.7 Å². The first-order chi connectivity index (χ1) is 6.98. The minimum absolute atomic E-state index is 0.657. The van der Waals surface area contributed by atoms with Crippen LogP contribution in [0.5, 0.6) is 0 Å². The molecule has 5 atom stereocenters. The van der Waals surface area contributed by atoms with Crippen LogP contribution in [0.1, 0.15) is 27.7 Å². The fourth-order valence-corrected chi connectivity index (χ4v) is 1.70. The van der Waals surface area contributed by atoms with Crippen LogP contribution in [0.15, 0.2) is 0 Å². The quantitative estimate of drug-likeness (QED) is 0.443. The summed E-state index contributed by atoms with van der Waals surface area (Å²) in [6, 6.07) is 0. The Balaban J connectivity index is 3.03. The Morgan fingerprint density at radius 2 is 1.69 bits per heavy atom. The highest BCUT2D eigenvalue weighted by Gasteiger charge is 2.72. The molecule has 1 rings (SSSR count). The van der Waals surface area contributed by atoms with Crippen LogP contribution >= 0.6 is 0 Å². The second-order valence-corrected chi connectivity index (χ2v) is 4.83. The largest absolute Gasteiger partial charge is 0.441 e. The van der Waals surface area contributed by atoms with E-state index in [9.17, 15) is 25.2 Å². The molecule has 4 N–H and O–H groups in total. The van der Waals surface area contributed by atoms with Gasteiger partial charge in [0.25, 0.3) is 0 Å². The van der Waals surface area contributed by atoms with Crippen molar-refractivity contribution in [2.45, 2.75) is 56.7 Å². The first kappa shape index (κ1) is 13.4. The van der Waals surface area contributed by atoms with Gasteiger partial charge in [0.05, 0.1) is 6.10 Å². The molecule has 1 aliphatic rings. The minimum Gasteiger partial charge on any atom is -0.441 e. The van der Waals surface area contributed by atoms with Crippen molar-refractivity contribution in [3.63, 3.8) is 0 Å². The second-order valence-electron chi connectivity index (χ2n) is 4.83. The van der Waals surface area contributed by atoms with Gasteiger partial charge in [0, 0.05) is 0 Å². The number of cyclic esters (lactones) is 1. The Hall–Kier alpha value is -0.690. The Morgan fingerprint density at radius 1 is 1.31 bits per heavy atom. The van der Waals surface area contributed by atoms with Gasteiger partial charge in [-0.25, -0.2) is 4.79 Å². The molecule has 6 nitrogen and oxygen atoms in total. The van der Waals surface area contributed by atoms with Crippen molar-refractivity contribution in [2.75, 3.05) is 0 Å². The maximum atomic E-state index is 11.1. The summed E-state index contributed by atoms with van der Waals surface area (Å²) in [6.07, 6.45) is -2.85. The predicted molar refractivity (Wildman–Crippen MR) is 53.4 cm³/mol. The van der Waals surface area contributed by atoms with E-state index in [1.54, 1.807) is 0 Å². The maximum absolute atomic E-state index is 11.1. The summed E-state index contributed by atoms with van der Waals surface area (Å²) in [6.45, 7) is 4.92. The molecule has 1 aliphatic heterocycles. The van der Waals surface area contributed by atoms with Crippen molar-refractivity contribution in [3.8, 4) is 0 Å². The molecule has 0 aromatic carbocycles. The molecule has 6 heteroatoms. The SMILES string of the molecule is CC(O)C(O)C(C)(O)C(C)(O)C1(C)OC1=O. The number of rotatable bonds is 4. The molecule has 0 bridgehead atoms. The molecule has 1 saturated heterocycles. The Kier molecular flexibility index (Phi) is 2.84. The zero-order valence-corrected chi connectivity index (χ0v) is 9.76. The van der Waals surface area contributed by atoms with Crippen LogP contribution in [0.25, 0.3) is 0 Å². The van der Waals surface area contributed by atoms with Crippen LogP contribution < -0.4 is 0 Å². The van der Waals surface area contributed by atoms with E-state index in [1.165, 1.54) is 20.8 Å². The first-order valence-electron chi connectivity index (χ1n) is 5.03. The number of carbonyl (C=O) groups is 1. The summed E-state index contributed by atoms with van der Waals surface area (Å²) < 4.78 is 4.64. The van der Waals surface area contributed by atoms with E-state index in [2.05, 4.69) is 4.74 Å². The molecule has 0 spiro atoms. The average molecular weight is 234 g/mol. The molecule has 0 aromatic heterocycles. The normalized spacial score (nSPS) is 35.6. The van der Waals surface area contributed by atoms with Crippen LogP contribution in [0.3, 0.4) is 0 Å². The average Bonchev–Trinajstić information content (AvgIpc) is 2.74. The van der Waals surface area contributed by atoms with Gasteiger partial charge in [-0.3, -0.25) is 0 Å². The Labute approximate surface area is 93.5 Å². The molecule has 94 valence electrons. The topological polar surface area (TPSA) is 111 Å². The zero-order valence-electron chi connectivity index (χ0n) is 9.76. The van der Waals surface area contributed by atoms with Crippen LogP contribution in [0, 0.1) is 0 Å². The van der Waals surface area contributed by atoms with Gasteiger partial charge < -0.3 is 25.2 Å². The molecule has 0 aromatic rings. The predicted octanol–water partition coefficient (Wildman–Crippen LogP) is -1.45. The molecule has 0 saturated carbocycles. The van der Waals surface area contributed by atoms with Gasteiger partial charge in [0.1, 0.15) is 17.3 Å². The second kappa shape index (κ2) is 3.40. The van der Waals surface area contributed by atoms with Crippen molar-refractivity contribution in [1.29, 1.82) is 0 Å². The van der Waals surface area contributed by atoms with E-state index < -0.39 is 35.0 Å². The smallest absolute Gasteiger partial charge is 0.354 e. The lowest BCUT2D eigenvalue weighted by Gasteiger charge is -2.43. The lowest BCUT2D eigenvalue weighted by molar-refractivity contribution is -0.225. The highest BCUT2D eigenvalue weighted by molar-refractivity contribution is 5.94. The summed E-state index contributed by atoms with van der Waals surface area (Å²) in [5.41, 5.74) is -5.64. The van der Waals surface area contributed by atoms with Gasteiger partial charge in [-0.2, -0.15) is 0 Å². The molecule has 0 radical (unpaired) electrons. The summed E-state index contributed by atoms with van der Waals surface area (Å²) in [4.78, 5) is 11.1. The van der Waals surface area contributed by atoms with Crippen LogP contribution in [0.4, 0.5) is 0 Å². The van der Waals surface area contributed by atoms with E-state index in [0.29, 0.717) is 0 Å². The van der Waals surface area contributed by atoms with Gasteiger partial charge >= 0.3 is 5.97 Å². The lowest BCUT2D eigenvalue weighted by atomic mass is 9.72. The van der Waals surface area contributed by atoms with Gasteiger partial charge in [0.2, 0.25) is 5.60 Å². The van der Waals surface area contributed by atoms with E-state index >= 15 is 0 Å². The van der Waals surface area contributed by atoms with Crippen LogP contribution in [0.2, 0.25) is 0 Å². The molecule has 1 heterocycles. The highest BCUT2D eigenvalue weighted by atomic mass is 16.7. The van der Waals surface area contributed by atoms with Crippen LogP contribution in [-0.4, -0.2) is 55.4 Å². The maximum Gasteiger partial charge on any atom is 0.354 e. The number of hydrogen-bond donors (Lipinski definition) is 4. The number of hydrogen-bond acceptors (Lipinski definition) is 6. The summed E-state index contributed by atoms with van der Waals surface area (Å²) in [7, 11) is 0. The molecular weight excluding hydrogens is 216 g/mol. The van der Waals surface area contributed by atoms with E-state index in [1.807, 2.05) is 0 Å². The first-order valence-corrected chi connectivity index (χ1v) is 5.03. The fraction of sp³-hybridized carbons (Fsp3) is 0.900. The summed E-state index contributed by atoms with van der Waals surface area (Å²) in [5, 5.41) is 39.1. The number of ether oxygens (including phenoxy) is 1. The third kappa shape index (κ3) is 1.53.